The third-order valence-corrected chi connectivity index (χ3v) is 4.89. The highest BCUT2D eigenvalue weighted by molar-refractivity contribution is 6.06. The number of hydrogen-bond donors (Lipinski definition) is 0. The maximum absolute atomic E-state index is 13.3. The number of pyridine rings is 1. The number of rotatable bonds is 3. The summed E-state index contributed by atoms with van der Waals surface area (Å²) >= 11 is 0. The smallest absolute Gasteiger partial charge is 0.259 e. The summed E-state index contributed by atoms with van der Waals surface area (Å²) in [6.45, 7) is 7.91. The van der Waals surface area contributed by atoms with Gasteiger partial charge in [-0.15, -0.1) is 0 Å². The van der Waals surface area contributed by atoms with Gasteiger partial charge in [-0.3, -0.25) is 4.79 Å². The first kappa shape index (κ1) is 15.6. The molecule has 0 aromatic carbocycles. The van der Waals surface area contributed by atoms with E-state index in [-0.39, 0.29) is 17.9 Å². The lowest BCUT2D eigenvalue weighted by Gasteiger charge is -2.33. The van der Waals surface area contributed by atoms with Crippen molar-refractivity contribution in [3.05, 3.63) is 23.0 Å². The molecule has 0 unspecified atom stereocenters. The van der Waals surface area contributed by atoms with E-state index in [0.717, 1.165) is 29.6 Å². The van der Waals surface area contributed by atoms with Gasteiger partial charge in [-0.2, -0.15) is 0 Å². The van der Waals surface area contributed by atoms with E-state index in [4.69, 9.17) is 9.26 Å². The lowest BCUT2D eigenvalue weighted by atomic mass is 10.0. The van der Waals surface area contributed by atoms with Crippen molar-refractivity contribution in [3.63, 3.8) is 0 Å². The molecule has 2 aliphatic rings. The number of morpholine rings is 1. The number of carbonyl (C=O) groups is 1. The Hall–Kier alpha value is -1.95. The third kappa shape index (κ3) is 2.59. The molecule has 0 bridgehead atoms. The van der Waals surface area contributed by atoms with Crippen LogP contribution >= 0.6 is 0 Å². The van der Waals surface area contributed by atoms with Crippen molar-refractivity contribution in [2.24, 2.45) is 0 Å². The quantitative estimate of drug-likeness (QED) is 0.865. The number of fused-ring (bicyclic) bond motifs is 1. The minimum atomic E-state index is 0.0326. The zero-order valence-corrected chi connectivity index (χ0v) is 14.4. The molecule has 1 saturated heterocycles. The molecule has 0 N–H and O–H groups in total. The van der Waals surface area contributed by atoms with Crippen LogP contribution in [0, 0.1) is 0 Å². The molecule has 2 fully saturated rings. The first-order valence-electron chi connectivity index (χ1n) is 8.75. The van der Waals surface area contributed by atoms with Crippen molar-refractivity contribution in [2.45, 2.75) is 51.5 Å². The van der Waals surface area contributed by atoms with Gasteiger partial charge in [-0.1, -0.05) is 19.0 Å². The molecule has 2 aromatic heterocycles. The Balaban J connectivity index is 1.84. The van der Waals surface area contributed by atoms with Gasteiger partial charge in [0.2, 0.25) is 0 Å². The topological polar surface area (TPSA) is 68.5 Å². The summed E-state index contributed by atoms with van der Waals surface area (Å²) in [6, 6.07) is 2.04. The predicted octanol–water partition coefficient (Wildman–Crippen LogP) is 3.08. The maximum Gasteiger partial charge on any atom is 0.259 e. The molecule has 1 aliphatic carbocycles. The van der Waals surface area contributed by atoms with E-state index in [1.807, 2.05) is 17.9 Å². The lowest BCUT2D eigenvalue weighted by Crippen LogP contribution is -2.47. The Labute approximate surface area is 141 Å². The summed E-state index contributed by atoms with van der Waals surface area (Å²) in [6.07, 6.45) is 2.26. The highest BCUT2D eigenvalue weighted by atomic mass is 16.5. The summed E-state index contributed by atoms with van der Waals surface area (Å²) in [5.41, 5.74) is 2.94. The van der Waals surface area contributed by atoms with Crippen molar-refractivity contribution < 1.29 is 14.1 Å². The Bertz CT molecular complexity index is 779. The molecule has 1 amide bonds. The monoisotopic (exact) mass is 329 g/mol. The molecular formula is C18H23N3O3. The average Bonchev–Trinajstić information content (AvgIpc) is 3.32. The second-order valence-corrected chi connectivity index (χ2v) is 7.19. The maximum atomic E-state index is 13.3. The van der Waals surface area contributed by atoms with E-state index < -0.39 is 0 Å². The van der Waals surface area contributed by atoms with Gasteiger partial charge >= 0.3 is 0 Å². The first-order chi connectivity index (χ1) is 11.6. The number of ether oxygens (including phenoxy) is 1. The number of nitrogens with zero attached hydrogens (tertiary/aromatic N) is 3. The van der Waals surface area contributed by atoms with E-state index in [1.54, 1.807) is 0 Å². The van der Waals surface area contributed by atoms with Crippen molar-refractivity contribution >= 4 is 17.0 Å². The summed E-state index contributed by atoms with van der Waals surface area (Å²) in [5, 5.41) is 4.97. The standard InChI is InChI=1S/C18H23N3O3/c1-10(2)16-15-13(18(22)21-6-7-23-9-11(21)3)8-14(12-4-5-12)19-17(15)24-20-16/h8,10-12H,4-7,9H2,1-3H3/t11-/m0/s1. The van der Waals surface area contributed by atoms with E-state index in [9.17, 15) is 4.79 Å². The Kier molecular flexibility index (Phi) is 3.79. The Morgan fingerprint density at radius 3 is 2.83 bits per heavy atom. The molecule has 6 nitrogen and oxygen atoms in total. The van der Waals surface area contributed by atoms with Crippen LogP contribution in [0.1, 0.15) is 67.2 Å². The third-order valence-electron chi connectivity index (χ3n) is 4.89. The summed E-state index contributed by atoms with van der Waals surface area (Å²) < 4.78 is 10.9. The van der Waals surface area contributed by atoms with E-state index in [0.29, 0.717) is 37.0 Å². The van der Waals surface area contributed by atoms with E-state index in [2.05, 4.69) is 24.0 Å². The van der Waals surface area contributed by atoms with Gasteiger partial charge in [0.1, 0.15) is 0 Å². The normalized spacial score (nSPS) is 21.7. The van der Waals surface area contributed by atoms with Crippen LogP contribution < -0.4 is 0 Å². The molecule has 128 valence electrons. The molecule has 6 heteroatoms. The largest absolute Gasteiger partial charge is 0.377 e. The van der Waals surface area contributed by atoms with Gasteiger partial charge in [0, 0.05) is 18.2 Å². The highest BCUT2D eigenvalue weighted by Crippen LogP contribution is 2.41. The molecule has 3 heterocycles. The molecule has 0 radical (unpaired) electrons. The fourth-order valence-electron chi connectivity index (χ4n) is 3.33. The van der Waals surface area contributed by atoms with Gasteiger partial charge < -0.3 is 14.2 Å². The SMILES string of the molecule is CC(C)c1noc2nc(C3CC3)cc(C(=O)N3CCOC[C@@H]3C)c12. The number of amides is 1. The van der Waals surface area contributed by atoms with Crippen molar-refractivity contribution in [1.29, 1.82) is 0 Å². The fraction of sp³-hybridized carbons (Fsp3) is 0.611. The second-order valence-electron chi connectivity index (χ2n) is 7.19. The number of hydrogen-bond acceptors (Lipinski definition) is 5. The van der Waals surface area contributed by atoms with E-state index in [1.165, 1.54) is 0 Å². The molecule has 2 aromatic rings. The van der Waals surface area contributed by atoms with Crippen LogP contribution in [0.25, 0.3) is 11.1 Å². The van der Waals surface area contributed by atoms with Crippen molar-refractivity contribution in [1.82, 2.24) is 15.0 Å². The molecule has 1 aliphatic heterocycles. The average molecular weight is 329 g/mol. The molecule has 1 atom stereocenters. The van der Waals surface area contributed by atoms with E-state index >= 15 is 0 Å². The van der Waals surface area contributed by atoms with Crippen LogP contribution in [-0.4, -0.2) is 46.7 Å². The first-order valence-corrected chi connectivity index (χ1v) is 8.75. The lowest BCUT2D eigenvalue weighted by molar-refractivity contribution is 0.00369. The molecule has 0 spiro atoms. The second kappa shape index (κ2) is 5.84. The number of carbonyl (C=O) groups excluding carboxylic acids is 1. The zero-order chi connectivity index (χ0) is 16.8. The Morgan fingerprint density at radius 2 is 2.17 bits per heavy atom. The molecule has 4 rings (SSSR count). The van der Waals surface area contributed by atoms with Crippen LogP contribution in [0.2, 0.25) is 0 Å². The van der Waals surface area contributed by atoms with Crippen LogP contribution in [0.4, 0.5) is 0 Å². The minimum Gasteiger partial charge on any atom is -0.377 e. The summed E-state index contributed by atoms with van der Waals surface area (Å²) in [5.74, 6) is 0.661. The summed E-state index contributed by atoms with van der Waals surface area (Å²) in [7, 11) is 0. The van der Waals surface area contributed by atoms with Crippen LogP contribution in [-0.2, 0) is 4.74 Å². The van der Waals surface area contributed by atoms with Crippen LogP contribution in [0.3, 0.4) is 0 Å². The number of aromatic nitrogens is 2. The molecule has 24 heavy (non-hydrogen) atoms. The van der Waals surface area contributed by atoms with Gasteiger partial charge in [0.25, 0.3) is 11.6 Å². The van der Waals surface area contributed by atoms with Gasteiger partial charge in [-0.05, 0) is 31.7 Å². The van der Waals surface area contributed by atoms with Crippen LogP contribution in [0.5, 0.6) is 0 Å². The van der Waals surface area contributed by atoms with Gasteiger partial charge in [0.05, 0.1) is 35.9 Å². The highest BCUT2D eigenvalue weighted by Gasteiger charge is 2.32. The molecule has 1 saturated carbocycles. The van der Waals surface area contributed by atoms with Crippen molar-refractivity contribution in [3.8, 4) is 0 Å². The Morgan fingerprint density at radius 1 is 1.38 bits per heavy atom. The minimum absolute atomic E-state index is 0.0326. The predicted molar refractivity (Wildman–Crippen MR) is 89.2 cm³/mol. The van der Waals surface area contributed by atoms with Crippen molar-refractivity contribution in [2.75, 3.05) is 19.8 Å². The van der Waals surface area contributed by atoms with Gasteiger partial charge in [0.15, 0.2) is 0 Å². The fourth-order valence-corrected chi connectivity index (χ4v) is 3.33. The van der Waals surface area contributed by atoms with Crippen LogP contribution in [0.15, 0.2) is 10.6 Å². The summed E-state index contributed by atoms with van der Waals surface area (Å²) in [4.78, 5) is 19.8. The zero-order valence-electron chi connectivity index (χ0n) is 14.4. The molecular weight excluding hydrogens is 306 g/mol. The van der Waals surface area contributed by atoms with Gasteiger partial charge in [-0.25, -0.2) is 4.98 Å².